The third-order valence-electron chi connectivity index (χ3n) is 5.78. The Morgan fingerprint density at radius 3 is 2.56 bits per heavy atom. The van der Waals surface area contributed by atoms with E-state index in [1.165, 1.54) is 11.3 Å². The highest BCUT2D eigenvalue weighted by molar-refractivity contribution is 7.13. The molecule has 0 bridgehead atoms. The average molecular weight is 447 g/mol. The van der Waals surface area contributed by atoms with E-state index in [2.05, 4.69) is 4.98 Å². The van der Waals surface area contributed by atoms with Crippen LogP contribution in [0, 0.1) is 13.8 Å². The van der Waals surface area contributed by atoms with Crippen molar-refractivity contribution in [3.63, 3.8) is 0 Å². The third kappa shape index (κ3) is 3.20. The summed E-state index contributed by atoms with van der Waals surface area (Å²) in [6.45, 7) is 6.59. The summed E-state index contributed by atoms with van der Waals surface area (Å²) >= 11 is 1.35. The normalized spacial score (nSPS) is 15.4. The smallest absolute Gasteiger partial charge is 0.297 e. The molecule has 1 amide bonds. The Morgan fingerprint density at radius 2 is 1.88 bits per heavy atom. The van der Waals surface area contributed by atoms with E-state index in [9.17, 15) is 9.59 Å². The number of carbonyl (C=O) groups excluding carboxylic acids is 1. The van der Waals surface area contributed by atoms with Crippen molar-refractivity contribution < 1.29 is 13.9 Å². The first kappa shape index (κ1) is 20.5. The molecule has 0 spiro atoms. The van der Waals surface area contributed by atoms with Crippen LogP contribution in [0.25, 0.3) is 11.0 Å². The van der Waals surface area contributed by atoms with Crippen molar-refractivity contribution in [2.24, 2.45) is 0 Å². The van der Waals surface area contributed by atoms with Gasteiger partial charge in [0.25, 0.3) is 5.91 Å². The molecule has 6 nitrogen and oxygen atoms in total. The van der Waals surface area contributed by atoms with Gasteiger partial charge in [0.05, 0.1) is 23.6 Å². The molecule has 1 atom stereocenters. The highest BCUT2D eigenvalue weighted by Gasteiger charge is 2.44. The van der Waals surface area contributed by atoms with Gasteiger partial charge in [0.15, 0.2) is 10.6 Å². The summed E-state index contributed by atoms with van der Waals surface area (Å²) < 4.78 is 11.7. The van der Waals surface area contributed by atoms with Crippen LogP contribution in [0.4, 0.5) is 5.13 Å². The van der Waals surface area contributed by atoms with Crippen molar-refractivity contribution in [1.29, 1.82) is 0 Å². The topological polar surface area (TPSA) is 72.6 Å². The molecule has 3 heterocycles. The van der Waals surface area contributed by atoms with Crippen LogP contribution in [0.1, 0.15) is 52.2 Å². The number of hydrogen-bond acceptors (Lipinski definition) is 6. The molecule has 0 N–H and O–H groups in total. The lowest BCUT2D eigenvalue weighted by atomic mass is 9.97. The van der Waals surface area contributed by atoms with Gasteiger partial charge >= 0.3 is 0 Å². The number of ether oxygens (including phenoxy) is 1. The van der Waals surface area contributed by atoms with Gasteiger partial charge in [0, 0.05) is 11.6 Å². The van der Waals surface area contributed by atoms with Gasteiger partial charge in [-0.1, -0.05) is 19.1 Å². The number of carbonyl (C=O) groups is 1. The fourth-order valence-electron chi connectivity index (χ4n) is 4.04. The second-order valence-electron chi connectivity index (χ2n) is 7.92. The zero-order valence-electron chi connectivity index (χ0n) is 18.0. The van der Waals surface area contributed by atoms with E-state index in [0.29, 0.717) is 28.3 Å². The van der Waals surface area contributed by atoms with Crippen molar-refractivity contribution in [1.82, 2.24) is 4.98 Å². The summed E-state index contributed by atoms with van der Waals surface area (Å²) in [4.78, 5) is 33.0. The summed E-state index contributed by atoms with van der Waals surface area (Å²) in [6, 6.07) is 10.6. The van der Waals surface area contributed by atoms with E-state index < -0.39 is 6.04 Å². The second-order valence-corrected chi connectivity index (χ2v) is 8.79. The molecule has 32 heavy (non-hydrogen) atoms. The van der Waals surface area contributed by atoms with Gasteiger partial charge in [-0.05, 0) is 61.2 Å². The van der Waals surface area contributed by atoms with E-state index >= 15 is 0 Å². The predicted molar refractivity (Wildman–Crippen MR) is 125 cm³/mol. The van der Waals surface area contributed by atoms with Crippen LogP contribution in [0.2, 0.25) is 0 Å². The number of fused-ring (bicyclic) bond motifs is 2. The quantitative estimate of drug-likeness (QED) is 0.410. The molecule has 7 heteroatoms. The molecule has 0 saturated carbocycles. The number of amides is 1. The molecule has 2 aromatic carbocycles. The third-order valence-corrected chi connectivity index (χ3v) is 6.55. The standard InChI is InChI=1S/C25H22N2O4S/c1-4-10-30-17-7-5-16(6-8-17)21-20-22(28)18-12-14(2)15(3)13-19(18)31-23(20)24(29)27(21)25-26-9-11-32-25/h5-9,11-13,21H,4,10H2,1-3H3/t21-/m1/s1. The minimum atomic E-state index is -0.619. The Balaban J connectivity index is 1.72. The molecule has 0 saturated heterocycles. The van der Waals surface area contributed by atoms with Crippen LogP contribution in [0.5, 0.6) is 5.75 Å². The largest absolute Gasteiger partial charge is 0.494 e. The molecular weight excluding hydrogens is 424 g/mol. The molecule has 0 radical (unpaired) electrons. The number of anilines is 1. The molecule has 1 aliphatic heterocycles. The lowest BCUT2D eigenvalue weighted by Gasteiger charge is -2.22. The summed E-state index contributed by atoms with van der Waals surface area (Å²) in [5, 5.41) is 2.81. The summed E-state index contributed by atoms with van der Waals surface area (Å²) in [6.07, 6.45) is 2.56. The van der Waals surface area contributed by atoms with Crippen molar-refractivity contribution >= 4 is 33.3 Å². The molecule has 1 aliphatic rings. The average Bonchev–Trinajstić information content (AvgIpc) is 3.41. The molecular formula is C25H22N2O4S. The number of aromatic nitrogens is 1. The Kier molecular flexibility index (Phi) is 5.06. The zero-order valence-corrected chi connectivity index (χ0v) is 18.9. The molecule has 162 valence electrons. The molecule has 0 aliphatic carbocycles. The monoisotopic (exact) mass is 446 g/mol. The van der Waals surface area contributed by atoms with Gasteiger partial charge in [0.2, 0.25) is 5.76 Å². The van der Waals surface area contributed by atoms with Crippen LogP contribution in [-0.4, -0.2) is 17.5 Å². The van der Waals surface area contributed by atoms with Gasteiger partial charge in [-0.15, -0.1) is 11.3 Å². The van der Waals surface area contributed by atoms with Crippen LogP contribution in [-0.2, 0) is 0 Å². The Hall–Kier alpha value is -3.45. The minimum absolute atomic E-state index is 0.0808. The van der Waals surface area contributed by atoms with E-state index in [0.717, 1.165) is 28.9 Å². The number of hydrogen-bond donors (Lipinski definition) is 0. The first-order valence-electron chi connectivity index (χ1n) is 10.5. The van der Waals surface area contributed by atoms with Crippen LogP contribution < -0.4 is 15.1 Å². The van der Waals surface area contributed by atoms with E-state index in [1.54, 1.807) is 11.1 Å². The number of rotatable bonds is 5. The highest BCUT2D eigenvalue weighted by atomic mass is 32.1. The van der Waals surface area contributed by atoms with Crippen LogP contribution in [0.15, 0.2) is 57.2 Å². The summed E-state index contributed by atoms with van der Waals surface area (Å²) in [7, 11) is 0. The van der Waals surface area contributed by atoms with Crippen molar-refractivity contribution in [2.75, 3.05) is 11.5 Å². The molecule has 0 unspecified atom stereocenters. The van der Waals surface area contributed by atoms with E-state index in [4.69, 9.17) is 9.15 Å². The van der Waals surface area contributed by atoms with Gasteiger partial charge in [-0.25, -0.2) is 4.98 Å². The van der Waals surface area contributed by atoms with Gasteiger partial charge in [-0.2, -0.15) is 0 Å². The van der Waals surface area contributed by atoms with Crippen LogP contribution >= 0.6 is 11.3 Å². The van der Waals surface area contributed by atoms with Crippen LogP contribution in [0.3, 0.4) is 0 Å². The number of aryl methyl sites for hydroxylation is 2. The number of thiazole rings is 1. The first-order chi connectivity index (χ1) is 15.5. The second kappa shape index (κ2) is 7.91. The Bertz CT molecular complexity index is 1370. The lowest BCUT2D eigenvalue weighted by molar-refractivity contribution is 0.0971. The summed E-state index contributed by atoms with van der Waals surface area (Å²) in [5.74, 6) is 0.471. The van der Waals surface area contributed by atoms with Crippen molar-refractivity contribution in [3.8, 4) is 5.75 Å². The maximum Gasteiger partial charge on any atom is 0.297 e. The van der Waals surface area contributed by atoms with Gasteiger partial charge in [-0.3, -0.25) is 14.5 Å². The molecule has 4 aromatic rings. The SMILES string of the molecule is CCCOc1ccc([C@@H]2c3c(oc4cc(C)c(C)cc4c3=O)C(=O)N2c2nccs2)cc1. The molecule has 2 aromatic heterocycles. The molecule has 0 fully saturated rings. The number of nitrogens with zero attached hydrogens (tertiary/aromatic N) is 2. The maximum atomic E-state index is 13.7. The van der Waals surface area contributed by atoms with Crippen molar-refractivity contribution in [2.45, 2.75) is 33.2 Å². The highest BCUT2D eigenvalue weighted by Crippen LogP contribution is 2.42. The van der Waals surface area contributed by atoms with Crippen molar-refractivity contribution in [3.05, 3.63) is 86.2 Å². The first-order valence-corrected chi connectivity index (χ1v) is 11.4. The van der Waals surface area contributed by atoms with Gasteiger partial charge in [0.1, 0.15) is 11.3 Å². The lowest BCUT2D eigenvalue weighted by Crippen LogP contribution is -2.29. The fourth-order valence-corrected chi connectivity index (χ4v) is 4.71. The van der Waals surface area contributed by atoms with E-state index in [1.807, 2.05) is 62.5 Å². The minimum Gasteiger partial charge on any atom is -0.494 e. The van der Waals surface area contributed by atoms with Gasteiger partial charge < -0.3 is 9.15 Å². The Morgan fingerprint density at radius 1 is 1.12 bits per heavy atom. The maximum absolute atomic E-state index is 13.7. The molecule has 5 rings (SSSR count). The Labute approximate surface area is 189 Å². The number of benzene rings is 2. The predicted octanol–water partition coefficient (Wildman–Crippen LogP) is 5.40. The summed E-state index contributed by atoms with van der Waals surface area (Å²) in [5.41, 5.74) is 3.39. The van der Waals surface area contributed by atoms with E-state index in [-0.39, 0.29) is 17.1 Å². The zero-order chi connectivity index (χ0) is 22.4. The fraction of sp³-hybridized carbons (Fsp3) is 0.240.